The molecule has 0 saturated heterocycles. The molecule has 1 aliphatic rings. The average Bonchev–Trinajstić information content (AvgIpc) is 3.19. The van der Waals surface area contributed by atoms with Crippen molar-refractivity contribution >= 4 is 11.7 Å². The second-order valence-corrected chi connectivity index (χ2v) is 4.00. The molecule has 1 heterocycles. The van der Waals surface area contributed by atoms with Crippen molar-refractivity contribution in [2.45, 2.75) is 18.9 Å². The van der Waals surface area contributed by atoms with Gasteiger partial charge >= 0.3 is 0 Å². The molecule has 1 aliphatic carbocycles. The molecule has 6 heteroatoms. The Bertz CT molecular complexity index is 389. The number of nitrogens with zero attached hydrogens (tertiary/aromatic N) is 3. The molecule has 0 aliphatic heterocycles. The number of anilines is 1. The third kappa shape index (κ3) is 2.71. The van der Waals surface area contributed by atoms with Gasteiger partial charge in [0.2, 0.25) is 0 Å². The van der Waals surface area contributed by atoms with Crippen molar-refractivity contribution in [3.63, 3.8) is 0 Å². The summed E-state index contributed by atoms with van der Waals surface area (Å²) in [6.45, 7) is 0.647. The normalized spacial score (nSPS) is 14.5. The number of carbonyl (C=O) groups is 1. The van der Waals surface area contributed by atoms with Gasteiger partial charge in [-0.15, -0.1) is 10.2 Å². The summed E-state index contributed by atoms with van der Waals surface area (Å²) in [5.41, 5.74) is 0.302. The van der Waals surface area contributed by atoms with E-state index in [1.165, 1.54) is 0 Å². The number of aromatic nitrogens is 2. The first kappa shape index (κ1) is 11.8. The molecule has 0 spiro atoms. The smallest absolute Gasteiger partial charge is 0.271 e. The molecule has 2 rings (SSSR count). The molecular weight excluding hydrogens is 220 g/mol. The molecule has 1 amide bonds. The molecule has 92 valence electrons. The highest BCUT2D eigenvalue weighted by Gasteiger charge is 2.29. The Morgan fingerprint density at radius 1 is 1.53 bits per heavy atom. The molecule has 2 N–H and O–H groups in total. The van der Waals surface area contributed by atoms with E-state index in [1.54, 1.807) is 19.2 Å². The highest BCUT2D eigenvalue weighted by Crippen LogP contribution is 2.29. The van der Waals surface area contributed by atoms with Gasteiger partial charge in [0.1, 0.15) is 0 Å². The molecule has 1 saturated carbocycles. The minimum Gasteiger partial charge on any atom is -0.395 e. The number of aliphatic hydroxyl groups is 1. The first-order valence-corrected chi connectivity index (χ1v) is 5.69. The molecule has 1 aromatic rings. The van der Waals surface area contributed by atoms with Crippen LogP contribution in [0.15, 0.2) is 12.1 Å². The quantitative estimate of drug-likeness (QED) is 0.740. The molecule has 1 fully saturated rings. The highest BCUT2D eigenvalue weighted by molar-refractivity contribution is 5.91. The monoisotopic (exact) mass is 236 g/mol. The van der Waals surface area contributed by atoms with E-state index in [-0.39, 0.29) is 12.5 Å². The largest absolute Gasteiger partial charge is 0.395 e. The van der Waals surface area contributed by atoms with E-state index in [0.29, 0.717) is 24.1 Å². The SMILES string of the molecule is CNC(=O)c1ccc(N(CCO)C2CC2)nn1. The third-order valence-electron chi connectivity index (χ3n) is 2.73. The Morgan fingerprint density at radius 2 is 2.29 bits per heavy atom. The maximum atomic E-state index is 11.3. The van der Waals surface area contributed by atoms with Crippen molar-refractivity contribution in [3.8, 4) is 0 Å². The van der Waals surface area contributed by atoms with Crippen LogP contribution in [-0.4, -0.2) is 47.5 Å². The number of carbonyl (C=O) groups excluding carboxylic acids is 1. The number of hydrogen-bond donors (Lipinski definition) is 2. The Balaban J connectivity index is 2.12. The van der Waals surface area contributed by atoms with Gasteiger partial charge in [-0.2, -0.15) is 0 Å². The van der Waals surface area contributed by atoms with Gasteiger partial charge in [0, 0.05) is 19.6 Å². The van der Waals surface area contributed by atoms with Gasteiger partial charge in [-0.1, -0.05) is 0 Å². The first-order chi connectivity index (χ1) is 8.26. The maximum absolute atomic E-state index is 11.3. The number of aliphatic hydroxyl groups excluding tert-OH is 1. The van der Waals surface area contributed by atoms with Gasteiger partial charge in [0.25, 0.3) is 5.91 Å². The molecule has 0 aromatic carbocycles. The second kappa shape index (κ2) is 5.09. The summed E-state index contributed by atoms with van der Waals surface area (Å²) in [5.74, 6) is 0.471. The van der Waals surface area contributed by atoms with Crippen molar-refractivity contribution in [1.82, 2.24) is 15.5 Å². The second-order valence-electron chi connectivity index (χ2n) is 4.00. The fourth-order valence-electron chi connectivity index (χ4n) is 1.71. The number of nitrogens with one attached hydrogen (secondary N) is 1. The van der Waals surface area contributed by atoms with Crippen LogP contribution in [0.5, 0.6) is 0 Å². The molecule has 0 radical (unpaired) electrons. The Kier molecular flexibility index (Phi) is 3.53. The van der Waals surface area contributed by atoms with E-state index in [9.17, 15) is 4.79 Å². The van der Waals surface area contributed by atoms with Crippen LogP contribution < -0.4 is 10.2 Å². The van der Waals surface area contributed by atoms with Crippen LogP contribution in [0.1, 0.15) is 23.3 Å². The fraction of sp³-hybridized carbons (Fsp3) is 0.545. The van der Waals surface area contributed by atoms with Crippen LogP contribution in [0.2, 0.25) is 0 Å². The van der Waals surface area contributed by atoms with Crippen LogP contribution in [0.3, 0.4) is 0 Å². The van der Waals surface area contributed by atoms with Gasteiger partial charge in [0.05, 0.1) is 6.61 Å². The van der Waals surface area contributed by atoms with Crippen LogP contribution in [0.25, 0.3) is 0 Å². The van der Waals surface area contributed by atoms with Gasteiger partial charge in [0.15, 0.2) is 11.5 Å². The highest BCUT2D eigenvalue weighted by atomic mass is 16.3. The summed E-state index contributed by atoms with van der Waals surface area (Å²) in [5, 5.41) is 19.4. The zero-order valence-corrected chi connectivity index (χ0v) is 9.76. The van der Waals surface area contributed by atoms with Crippen molar-refractivity contribution in [2.24, 2.45) is 0 Å². The van der Waals surface area contributed by atoms with Crippen LogP contribution >= 0.6 is 0 Å². The van der Waals surface area contributed by atoms with Gasteiger partial charge in [-0.25, -0.2) is 0 Å². The molecule has 0 bridgehead atoms. The van der Waals surface area contributed by atoms with E-state index >= 15 is 0 Å². The lowest BCUT2D eigenvalue weighted by atomic mass is 10.3. The van der Waals surface area contributed by atoms with E-state index in [0.717, 1.165) is 12.8 Å². The molecular formula is C11H16N4O2. The molecule has 6 nitrogen and oxygen atoms in total. The van der Waals surface area contributed by atoms with Gasteiger partial charge < -0.3 is 15.3 Å². The molecule has 17 heavy (non-hydrogen) atoms. The summed E-state index contributed by atoms with van der Waals surface area (Å²) in [4.78, 5) is 13.3. The van der Waals surface area contributed by atoms with E-state index in [2.05, 4.69) is 15.5 Å². The predicted octanol–water partition coefficient (Wildman–Crippen LogP) is -0.203. The van der Waals surface area contributed by atoms with Crippen LogP contribution in [0.4, 0.5) is 5.82 Å². The number of amides is 1. The number of hydrogen-bond acceptors (Lipinski definition) is 5. The molecule has 1 aromatic heterocycles. The van der Waals surface area contributed by atoms with E-state index in [4.69, 9.17) is 5.11 Å². The third-order valence-corrected chi connectivity index (χ3v) is 2.73. The fourth-order valence-corrected chi connectivity index (χ4v) is 1.71. The van der Waals surface area contributed by atoms with Crippen molar-refractivity contribution in [1.29, 1.82) is 0 Å². The average molecular weight is 236 g/mol. The van der Waals surface area contributed by atoms with Crippen molar-refractivity contribution in [3.05, 3.63) is 17.8 Å². The van der Waals surface area contributed by atoms with E-state index in [1.807, 2.05) is 4.90 Å². The van der Waals surface area contributed by atoms with E-state index < -0.39 is 0 Å². The Hall–Kier alpha value is -1.69. The van der Waals surface area contributed by atoms with Gasteiger partial charge in [-0.3, -0.25) is 4.79 Å². The minimum absolute atomic E-state index is 0.0926. The van der Waals surface area contributed by atoms with Crippen LogP contribution in [-0.2, 0) is 0 Å². The Morgan fingerprint density at radius 3 is 2.76 bits per heavy atom. The van der Waals surface area contributed by atoms with Gasteiger partial charge in [-0.05, 0) is 25.0 Å². The lowest BCUT2D eigenvalue weighted by molar-refractivity contribution is 0.0957. The van der Waals surface area contributed by atoms with Crippen molar-refractivity contribution < 1.29 is 9.90 Å². The van der Waals surface area contributed by atoms with Crippen LogP contribution in [0, 0.1) is 0 Å². The first-order valence-electron chi connectivity index (χ1n) is 5.69. The standard InChI is InChI=1S/C11H16N4O2/c1-12-11(17)9-4-5-10(14-13-9)15(6-7-16)8-2-3-8/h4-5,8,16H,2-3,6-7H2,1H3,(H,12,17). The molecule has 0 atom stereocenters. The topological polar surface area (TPSA) is 78.4 Å². The summed E-state index contributed by atoms with van der Waals surface area (Å²) < 4.78 is 0. The lowest BCUT2D eigenvalue weighted by Crippen LogP contribution is -2.30. The maximum Gasteiger partial charge on any atom is 0.271 e. The van der Waals surface area contributed by atoms with Crippen molar-refractivity contribution in [2.75, 3.05) is 25.1 Å². The lowest BCUT2D eigenvalue weighted by Gasteiger charge is -2.21. The minimum atomic E-state index is -0.246. The zero-order valence-electron chi connectivity index (χ0n) is 9.76. The summed E-state index contributed by atoms with van der Waals surface area (Å²) in [7, 11) is 1.56. The number of rotatable bonds is 5. The molecule has 0 unspecified atom stereocenters. The predicted molar refractivity (Wildman–Crippen MR) is 62.9 cm³/mol. The summed E-state index contributed by atoms with van der Waals surface area (Å²) in [6, 6.07) is 3.88. The Labute approximate surface area is 99.7 Å². The summed E-state index contributed by atoms with van der Waals surface area (Å²) in [6.07, 6.45) is 2.25. The zero-order chi connectivity index (χ0) is 12.3. The summed E-state index contributed by atoms with van der Waals surface area (Å²) >= 11 is 0.